The molecule has 2 rings (SSSR count). The molecule has 0 bridgehead atoms. The summed E-state index contributed by atoms with van der Waals surface area (Å²) < 4.78 is 17.8. The summed E-state index contributed by atoms with van der Waals surface area (Å²) in [4.78, 5) is 2.47. The van der Waals surface area contributed by atoms with Gasteiger partial charge in [0.15, 0.2) is 5.79 Å². The molecule has 2 fully saturated rings. The van der Waals surface area contributed by atoms with E-state index in [4.69, 9.17) is 14.2 Å². The van der Waals surface area contributed by atoms with Gasteiger partial charge in [-0.15, -0.1) is 0 Å². The Morgan fingerprint density at radius 1 is 1.17 bits per heavy atom. The van der Waals surface area contributed by atoms with Crippen molar-refractivity contribution in [1.82, 2.24) is 4.90 Å². The number of rotatable bonds is 7. The van der Waals surface area contributed by atoms with Crippen LogP contribution in [0.25, 0.3) is 0 Å². The van der Waals surface area contributed by atoms with E-state index >= 15 is 0 Å². The second-order valence-corrected chi connectivity index (χ2v) is 9.01. The molecule has 0 aromatic heterocycles. The highest BCUT2D eigenvalue weighted by atomic mass is 16.7. The first-order chi connectivity index (χ1) is 11.3. The minimum absolute atomic E-state index is 0.250. The van der Waals surface area contributed by atoms with Crippen LogP contribution < -0.4 is 0 Å². The van der Waals surface area contributed by atoms with Crippen LogP contribution in [0.2, 0.25) is 0 Å². The maximum absolute atomic E-state index is 6.41. The summed E-state index contributed by atoms with van der Waals surface area (Å²) in [6, 6.07) is 0.540. The van der Waals surface area contributed by atoms with Gasteiger partial charge in [-0.25, -0.2) is 0 Å². The minimum Gasteiger partial charge on any atom is -0.383 e. The van der Waals surface area contributed by atoms with E-state index in [2.05, 4.69) is 39.5 Å². The SMILES string of the molecule is COCCN(CCC1COC2(CCC(C(C)(C)C)CC2)O1)C(C)C. The van der Waals surface area contributed by atoms with Crippen LogP contribution >= 0.6 is 0 Å². The third kappa shape index (κ3) is 5.42. The fourth-order valence-corrected chi connectivity index (χ4v) is 4.09. The van der Waals surface area contributed by atoms with Crippen LogP contribution in [0.15, 0.2) is 0 Å². The van der Waals surface area contributed by atoms with Crippen molar-refractivity contribution in [2.24, 2.45) is 11.3 Å². The second-order valence-electron chi connectivity index (χ2n) is 9.01. The van der Waals surface area contributed by atoms with E-state index in [1.807, 2.05) is 0 Å². The first-order valence-electron chi connectivity index (χ1n) is 9.80. The fourth-order valence-electron chi connectivity index (χ4n) is 4.09. The lowest BCUT2D eigenvalue weighted by Crippen LogP contribution is -2.39. The molecule has 1 heterocycles. The summed E-state index contributed by atoms with van der Waals surface area (Å²) in [7, 11) is 1.77. The van der Waals surface area contributed by atoms with E-state index in [1.54, 1.807) is 7.11 Å². The summed E-state index contributed by atoms with van der Waals surface area (Å²) in [5, 5.41) is 0. The van der Waals surface area contributed by atoms with E-state index in [-0.39, 0.29) is 11.9 Å². The molecule has 1 spiro atoms. The lowest BCUT2D eigenvalue weighted by Gasteiger charge is -2.41. The third-order valence-corrected chi connectivity index (χ3v) is 5.94. The van der Waals surface area contributed by atoms with Crippen LogP contribution in [-0.2, 0) is 14.2 Å². The molecule has 0 N–H and O–H groups in total. The molecule has 1 atom stereocenters. The molecule has 1 saturated heterocycles. The first kappa shape index (κ1) is 20.2. The van der Waals surface area contributed by atoms with E-state index in [0.29, 0.717) is 11.5 Å². The van der Waals surface area contributed by atoms with Gasteiger partial charge in [-0.05, 0) is 44.4 Å². The van der Waals surface area contributed by atoms with Crippen LogP contribution in [0.5, 0.6) is 0 Å². The number of hydrogen-bond donors (Lipinski definition) is 0. The Morgan fingerprint density at radius 2 is 1.83 bits per heavy atom. The van der Waals surface area contributed by atoms with Gasteiger partial charge in [-0.2, -0.15) is 0 Å². The molecule has 1 aliphatic carbocycles. The predicted octanol–water partition coefficient (Wildman–Crippen LogP) is 4.08. The van der Waals surface area contributed by atoms with Crippen molar-refractivity contribution in [3.05, 3.63) is 0 Å². The summed E-state index contributed by atoms with van der Waals surface area (Å²) in [6.45, 7) is 15.2. The van der Waals surface area contributed by atoms with E-state index in [1.165, 1.54) is 12.8 Å². The molecule has 1 unspecified atom stereocenters. The number of nitrogens with zero attached hydrogens (tertiary/aromatic N) is 1. The quantitative estimate of drug-likeness (QED) is 0.698. The largest absolute Gasteiger partial charge is 0.383 e. The highest BCUT2D eigenvalue weighted by Gasteiger charge is 2.45. The Morgan fingerprint density at radius 3 is 2.38 bits per heavy atom. The Balaban J connectivity index is 1.77. The van der Waals surface area contributed by atoms with Crippen molar-refractivity contribution in [3.63, 3.8) is 0 Å². The van der Waals surface area contributed by atoms with Crippen LogP contribution in [0, 0.1) is 11.3 Å². The highest BCUT2D eigenvalue weighted by molar-refractivity contribution is 4.89. The van der Waals surface area contributed by atoms with E-state index < -0.39 is 0 Å². The topological polar surface area (TPSA) is 30.9 Å². The summed E-state index contributed by atoms with van der Waals surface area (Å²) in [5.74, 6) is 0.515. The molecule has 4 nitrogen and oxygen atoms in total. The number of methoxy groups -OCH3 is 1. The maximum Gasteiger partial charge on any atom is 0.168 e. The summed E-state index contributed by atoms with van der Waals surface area (Å²) in [5.41, 5.74) is 0.402. The van der Waals surface area contributed by atoms with Crippen molar-refractivity contribution < 1.29 is 14.2 Å². The van der Waals surface area contributed by atoms with Crippen LogP contribution in [0.1, 0.15) is 66.7 Å². The molecule has 4 heteroatoms. The van der Waals surface area contributed by atoms with Gasteiger partial charge in [0.2, 0.25) is 0 Å². The van der Waals surface area contributed by atoms with Gasteiger partial charge in [0.25, 0.3) is 0 Å². The van der Waals surface area contributed by atoms with Crippen LogP contribution in [0.3, 0.4) is 0 Å². The molecule has 1 aliphatic heterocycles. The zero-order chi connectivity index (χ0) is 17.8. The third-order valence-electron chi connectivity index (χ3n) is 5.94. The average molecular weight is 342 g/mol. The summed E-state index contributed by atoms with van der Waals surface area (Å²) in [6.07, 6.45) is 5.86. The highest BCUT2D eigenvalue weighted by Crippen LogP contribution is 2.45. The Kier molecular flexibility index (Phi) is 7.12. The summed E-state index contributed by atoms with van der Waals surface area (Å²) >= 11 is 0. The van der Waals surface area contributed by atoms with E-state index in [9.17, 15) is 0 Å². The van der Waals surface area contributed by atoms with Crippen LogP contribution in [0.4, 0.5) is 0 Å². The number of hydrogen-bond acceptors (Lipinski definition) is 4. The van der Waals surface area contributed by atoms with Gasteiger partial charge in [0, 0.05) is 39.1 Å². The smallest absolute Gasteiger partial charge is 0.168 e. The molecule has 142 valence electrons. The van der Waals surface area contributed by atoms with Crippen molar-refractivity contribution in [3.8, 4) is 0 Å². The van der Waals surface area contributed by atoms with Gasteiger partial charge >= 0.3 is 0 Å². The van der Waals surface area contributed by atoms with Crippen molar-refractivity contribution in [2.75, 3.05) is 33.4 Å². The molecule has 0 radical (unpaired) electrons. The second kappa shape index (κ2) is 8.48. The standard InChI is InChI=1S/C20H39NO3/c1-16(2)21(13-14-22-6)12-9-18-15-23-20(24-18)10-7-17(8-11-20)19(3,4)5/h16-18H,7-15H2,1-6H3. The lowest BCUT2D eigenvalue weighted by atomic mass is 9.71. The van der Waals surface area contributed by atoms with Gasteiger partial charge in [0.05, 0.1) is 19.3 Å². The van der Waals surface area contributed by atoms with Gasteiger partial charge < -0.3 is 14.2 Å². The predicted molar refractivity (Wildman–Crippen MR) is 98.2 cm³/mol. The Hall–Kier alpha value is -0.160. The maximum atomic E-state index is 6.41. The monoisotopic (exact) mass is 341 g/mol. The van der Waals surface area contributed by atoms with Crippen molar-refractivity contribution in [1.29, 1.82) is 0 Å². The van der Waals surface area contributed by atoms with Gasteiger partial charge in [-0.3, -0.25) is 4.90 Å². The molecular formula is C20H39NO3. The van der Waals surface area contributed by atoms with Crippen LogP contribution in [-0.4, -0.2) is 56.2 Å². The molecule has 2 aliphatic rings. The fraction of sp³-hybridized carbons (Fsp3) is 1.00. The zero-order valence-corrected chi connectivity index (χ0v) is 16.8. The minimum atomic E-state index is -0.276. The molecule has 0 aromatic rings. The normalized spacial score (nSPS) is 31.5. The van der Waals surface area contributed by atoms with Gasteiger partial charge in [-0.1, -0.05) is 20.8 Å². The van der Waals surface area contributed by atoms with Crippen molar-refractivity contribution >= 4 is 0 Å². The Bertz CT molecular complexity index is 370. The average Bonchev–Trinajstić information content (AvgIpc) is 2.89. The van der Waals surface area contributed by atoms with E-state index in [0.717, 1.165) is 51.5 Å². The molecule has 1 saturated carbocycles. The molecule has 0 aromatic carbocycles. The lowest BCUT2D eigenvalue weighted by molar-refractivity contribution is -0.197. The Labute approximate surface area is 149 Å². The molecule has 0 amide bonds. The molecular weight excluding hydrogens is 302 g/mol. The molecule has 24 heavy (non-hydrogen) atoms. The first-order valence-corrected chi connectivity index (χ1v) is 9.80. The zero-order valence-electron chi connectivity index (χ0n) is 16.8. The van der Waals surface area contributed by atoms with Crippen molar-refractivity contribution in [2.45, 2.75) is 84.7 Å². The van der Waals surface area contributed by atoms with Gasteiger partial charge in [0.1, 0.15) is 0 Å². The number of ether oxygens (including phenoxy) is 3.